The van der Waals surface area contributed by atoms with Gasteiger partial charge in [0.15, 0.2) is 0 Å². The molecule has 0 heterocycles. The maximum absolute atomic E-state index is 11.6. The molecule has 1 amide bonds. The first kappa shape index (κ1) is 49.0. The molecule has 0 radical (unpaired) electrons. The fraction of sp³-hybridized carbons (Fsp3) is 0.953. The van der Waals surface area contributed by atoms with Crippen LogP contribution in [0.2, 0.25) is 0 Å². The van der Waals surface area contributed by atoms with Gasteiger partial charge in [-0.2, -0.15) is 0 Å². The summed E-state index contributed by atoms with van der Waals surface area (Å²) in [6.45, 7) is 6.58. The third kappa shape index (κ3) is 41.4. The van der Waals surface area contributed by atoms with Crippen molar-refractivity contribution in [1.82, 2.24) is 5.48 Å². The molecule has 0 aliphatic heterocycles. The van der Waals surface area contributed by atoms with Gasteiger partial charge in [-0.25, -0.2) is 10.4 Å². The van der Waals surface area contributed by atoms with E-state index in [9.17, 15) is 9.59 Å². The van der Waals surface area contributed by atoms with Gasteiger partial charge in [-0.15, -0.1) is 4.99 Å². The highest BCUT2D eigenvalue weighted by molar-refractivity contribution is 5.76. The predicted octanol–water partition coefficient (Wildman–Crippen LogP) is 12.9. The molecule has 0 aliphatic carbocycles. The van der Waals surface area contributed by atoms with Crippen LogP contribution in [0.3, 0.4) is 0 Å². The van der Waals surface area contributed by atoms with Crippen LogP contribution in [0.4, 0.5) is 0 Å². The van der Waals surface area contributed by atoms with E-state index in [1.54, 1.807) is 0 Å². The van der Waals surface area contributed by atoms with Crippen molar-refractivity contribution in [3.05, 3.63) is 0 Å². The number of amides is 1. The fourth-order valence-corrected chi connectivity index (χ4v) is 6.44. The lowest BCUT2D eigenvalue weighted by Crippen LogP contribution is -2.30. The highest BCUT2D eigenvalue weighted by Crippen LogP contribution is 2.15. The summed E-state index contributed by atoms with van der Waals surface area (Å²) in [5.41, 5.74) is 2.21. The molecule has 0 unspecified atom stereocenters. The molecular formula is C43H85NO6. The summed E-state index contributed by atoms with van der Waals surface area (Å²) in [6, 6.07) is 0. The van der Waals surface area contributed by atoms with E-state index in [1.807, 2.05) is 0 Å². The van der Waals surface area contributed by atoms with Crippen LogP contribution in [0.25, 0.3) is 0 Å². The van der Waals surface area contributed by atoms with Crippen molar-refractivity contribution < 1.29 is 28.9 Å². The molecule has 1 atom stereocenters. The standard InChI is InChI=1S/C43H85NO6/c1-3-5-7-9-11-13-15-17-19-21-23-25-27-29-31-33-38-47-40-42(41-49-50-44-43(46)36-35-37-45)48-39-34-32-30-28-26-24-22-20-18-16-14-12-10-8-6-4-2/h37,42H,3-36,38-41H2,1-2H3,(H,44,46)/t42-/m1/s1. The first-order chi connectivity index (χ1) is 24.7. The quantitative estimate of drug-likeness (QED) is 0.0293. The van der Waals surface area contributed by atoms with Crippen LogP contribution in [-0.4, -0.2) is 44.7 Å². The first-order valence-electron chi connectivity index (χ1n) is 21.9. The predicted molar refractivity (Wildman–Crippen MR) is 210 cm³/mol. The second kappa shape index (κ2) is 44.1. The van der Waals surface area contributed by atoms with Gasteiger partial charge in [-0.1, -0.05) is 206 Å². The Hall–Kier alpha value is -1.02. The van der Waals surface area contributed by atoms with E-state index in [-0.39, 0.29) is 31.5 Å². The fourth-order valence-electron chi connectivity index (χ4n) is 6.44. The van der Waals surface area contributed by atoms with Crippen molar-refractivity contribution in [2.24, 2.45) is 0 Å². The van der Waals surface area contributed by atoms with E-state index >= 15 is 0 Å². The average Bonchev–Trinajstić information content (AvgIpc) is 3.12. The monoisotopic (exact) mass is 712 g/mol. The maximum Gasteiger partial charge on any atom is 0.246 e. The normalized spacial score (nSPS) is 12.0. The van der Waals surface area contributed by atoms with Crippen LogP contribution in [-0.2, 0) is 28.9 Å². The molecule has 0 aromatic carbocycles. The second-order valence-electron chi connectivity index (χ2n) is 14.8. The smallest absolute Gasteiger partial charge is 0.246 e. The molecule has 0 saturated heterocycles. The number of aldehydes is 1. The molecule has 0 aromatic rings. The van der Waals surface area contributed by atoms with Gasteiger partial charge in [-0.3, -0.25) is 4.79 Å². The molecule has 0 spiro atoms. The molecule has 1 N–H and O–H groups in total. The van der Waals surface area contributed by atoms with E-state index in [0.29, 0.717) is 19.5 Å². The third-order valence-electron chi connectivity index (χ3n) is 9.76. The first-order valence-corrected chi connectivity index (χ1v) is 21.9. The van der Waals surface area contributed by atoms with E-state index in [4.69, 9.17) is 19.3 Å². The number of hydrogen-bond donors (Lipinski definition) is 1. The number of hydrogen-bond acceptors (Lipinski definition) is 6. The van der Waals surface area contributed by atoms with Gasteiger partial charge in [0.1, 0.15) is 19.0 Å². The number of nitrogens with one attached hydrogen (secondary N) is 1. The summed E-state index contributed by atoms with van der Waals surface area (Å²) >= 11 is 0. The highest BCUT2D eigenvalue weighted by atomic mass is 17.3. The summed E-state index contributed by atoms with van der Waals surface area (Å²) in [5.74, 6) is -0.387. The molecule has 0 rings (SSSR count). The van der Waals surface area contributed by atoms with Crippen LogP contribution < -0.4 is 5.48 Å². The Kier molecular flexibility index (Phi) is 43.2. The van der Waals surface area contributed by atoms with E-state index in [0.717, 1.165) is 19.4 Å². The Bertz CT molecular complexity index is 663. The van der Waals surface area contributed by atoms with Gasteiger partial charge in [-0.05, 0) is 12.8 Å². The summed E-state index contributed by atoms with van der Waals surface area (Å²) in [7, 11) is 0. The Balaban J connectivity index is 3.83. The topological polar surface area (TPSA) is 83.1 Å². The Morgan fingerprint density at radius 1 is 0.500 bits per heavy atom. The van der Waals surface area contributed by atoms with Crippen LogP contribution >= 0.6 is 0 Å². The van der Waals surface area contributed by atoms with Crippen molar-refractivity contribution in [3.63, 3.8) is 0 Å². The molecule has 0 bridgehead atoms. The van der Waals surface area contributed by atoms with Crippen LogP contribution in [0.5, 0.6) is 0 Å². The average molecular weight is 712 g/mol. The van der Waals surface area contributed by atoms with E-state index < -0.39 is 0 Å². The van der Waals surface area contributed by atoms with Crippen molar-refractivity contribution >= 4 is 12.2 Å². The molecule has 298 valence electrons. The number of ether oxygens (including phenoxy) is 2. The largest absolute Gasteiger partial charge is 0.379 e. The number of rotatable bonds is 44. The van der Waals surface area contributed by atoms with Gasteiger partial charge in [0.05, 0.1) is 6.61 Å². The van der Waals surface area contributed by atoms with E-state index in [2.05, 4.69) is 19.3 Å². The Labute approximate surface area is 310 Å². The van der Waals surface area contributed by atoms with Gasteiger partial charge < -0.3 is 14.3 Å². The zero-order valence-corrected chi connectivity index (χ0v) is 33.5. The molecule has 0 saturated carbocycles. The summed E-state index contributed by atoms with van der Waals surface area (Å²) in [5, 5.41) is 0. The van der Waals surface area contributed by atoms with Gasteiger partial charge >= 0.3 is 0 Å². The van der Waals surface area contributed by atoms with Crippen molar-refractivity contribution in [1.29, 1.82) is 0 Å². The zero-order valence-electron chi connectivity index (χ0n) is 33.5. The van der Waals surface area contributed by atoms with Gasteiger partial charge in [0.25, 0.3) is 0 Å². The van der Waals surface area contributed by atoms with Crippen LogP contribution in [0.1, 0.15) is 232 Å². The zero-order chi connectivity index (χ0) is 36.3. The van der Waals surface area contributed by atoms with E-state index in [1.165, 1.54) is 193 Å². The number of unbranched alkanes of at least 4 members (excludes halogenated alkanes) is 30. The Morgan fingerprint density at radius 3 is 1.24 bits per heavy atom. The second-order valence-corrected chi connectivity index (χ2v) is 14.8. The maximum atomic E-state index is 11.6. The molecule has 0 fully saturated rings. The molecule has 7 heteroatoms. The molecule has 50 heavy (non-hydrogen) atoms. The highest BCUT2D eigenvalue weighted by Gasteiger charge is 2.12. The van der Waals surface area contributed by atoms with Crippen molar-refractivity contribution in [3.8, 4) is 0 Å². The summed E-state index contributed by atoms with van der Waals surface area (Å²) in [4.78, 5) is 32.1. The molecule has 0 aromatic heterocycles. The minimum atomic E-state index is -0.387. The van der Waals surface area contributed by atoms with Gasteiger partial charge in [0, 0.05) is 26.1 Å². The minimum absolute atomic E-state index is 0.0778. The minimum Gasteiger partial charge on any atom is -0.379 e. The third-order valence-corrected chi connectivity index (χ3v) is 9.76. The number of carbonyl (C=O) groups is 2. The lowest BCUT2D eigenvalue weighted by molar-refractivity contribution is -0.340. The number of hydroxylamine groups is 1. The summed E-state index contributed by atoms with van der Waals surface area (Å²) in [6.07, 6.45) is 44.0. The lowest BCUT2D eigenvalue weighted by atomic mass is 10.0. The number of carbonyl (C=O) groups excluding carboxylic acids is 2. The van der Waals surface area contributed by atoms with Gasteiger partial charge in [0.2, 0.25) is 5.91 Å². The molecule has 7 nitrogen and oxygen atoms in total. The van der Waals surface area contributed by atoms with Crippen molar-refractivity contribution in [2.45, 2.75) is 238 Å². The lowest BCUT2D eigenvalue weighted by Gasteiger charge is -2.17. The summed E-state index contributed by atoms with van der Waals surface area (Å²) < 4.78 is 12.0. The van der Waals surface area contributed by atoms with Crippen LogP contribution in [0.15, 0.2) is 0 Å². The van der Waals surface area contributed by atoms with Crippen LogP contribution in [0, 0.1) is 0 Å². The van der Waals surface area contributed by atoms with Crippen molar-refractivity contribution in [2.75, 3.05) is 26.4 Å². The molecule has 0 aliphatic rings. The SMILES string of the molecule is CCCCCCCCCCCCCCCCCCOC[C@H](COONC(=O)CCC=O)OCCCCCCCCCCCCCCCCCC. The Morgan fingerprint density at radius 2 is 0.860 bits per heavy atom. The molecular weight excluding hydrogens is 626 g/mol.